The van der Waals surface area contributed by atoms with E-state index in [9.17, 15) is 0 Å². The monoisotopic (exact) mass is 292 g/mol. The van der Waals surface area contributed by atoms with Crippen LogP contribution < -0.4 is 5.73 Å². The third-order valence-corrected chi connectivity index (χ3v) is 5.18. The van der Waals surface area contributed by atoms with Crippen LogP contribution in [-0.4, -0.2) is 21.2 Å². The maximum Gasteiger partial charge on any atom is 0.234 e. The number of aryl methyl sites for hydroxylation is 1. The van der Waals surface area contributed by atoms with Crippen LogP contribution >= 0.6 is 11.3 Å². The van der Waals surface area contributed by atoms with Crippen molar-refractivity contribution in [3.8, 4) is 0 Å². The van der Waals surface area contributed by atoms with E-state index < -0.39 is 0 Å². The molecule has 0 bridgehead atoms. The normalized spacial score (nSPS) is 26.9. The molecule has 0 radical (unpaired) electrons. The molecule has 5 nitrogen and oxygen atoms in total. The zero-order chi connectivity index (χ0) is 14.2. The SMILES string of the molecule is Cc1csc(Cc2noc(C3(C)CCCCC3N)n2)n1. The molecule has 1 aliphatic carbocycles. The van der Waals surface area contributed by atoms with E-state index in [1.54, 1.807) is 11.3 Å². The fourth-order valence-corrected chi connectivity index (χ4v) is 3.57. The Bertz CT molecular complexity index is 594. The first-order chi connectivity index (χ1) is 9.58. The number of hydrogen-bond donors (Lipinski definition) is 1. The molecule has 6 heteroatoms. The first-order valence-corrected chi connectivity index (χ1v) is 7.95. The van der Waals surface area contributed by atoms with Gasteiger partial charge in [-0.05, 0) is 26.7 Å². The molecule has 0 spiro atoms. The Kier molecular flexibility index (Phi) is 3.60. The molecule has 0 saturated heterocycles. The molecular formula is C14H20N4OS. The summed E-state index contributed by atoms with van der Waals surface area (Å²) < 4.78 is 5.49. The predicted octanol–water partition coefficient (Wildman–Crippen LogP) is 2.58. The van der Waals surface area contributed by atoms with Crippen LogP contribution in [0, 0.1) is 6.92 Å². The van der Waals surface area contributed by atoms with Gasteiger partial charge >= 0.3 is 0 Å². The van der Waals surface area contributed by atoms with E-state index in [4.69, 9.17) is 10.3 Å². The third-order valence-electron chi connectivity index (χ3n) is 4.21. The maximum absolute atomic E-state index is 6.27. The van der Waals surface area contributed by atoms with Gasteiger partial charge in [0, 0.05) is 17.1 Å². The Morgan fingerprint density at radius 2 is 2.30 bits per heavy atom. The lowest BCUT2D eigenvalue weighted by Gasteiger charge is -2.35. The van der Waals surface area contributed by atoms with E-state index in [1.165, 1.54) is 12.8 Å². The molecular weight excluding hydrogens is 272 g/mol. The molecule has 0 amide bonds. The van der Waals surface area contributed by atoms with Crippen LogP contribution in [0.5, 0.6) is 0 Å². The van der Waals surface area contributed by atoms with Gasteiger partial charge in [0.25, 0.3) is 0 Å². The van der Waals surface area contributed by atoms with E-state index in [1.807, 2.05) is 12.3 Å². The van der Waals surface area contributed by atoms with Crippen molar-refractivity contribution in [3.63, 3.8) is 0 Å². The second-order valence-corrected chi connectivity index (χ2v) is 6.79. The molecule has 2 aromatic rings. The van der Waals surface area contributed by atoms with Gasteiger partial charge in [0.2, 0.25) is 5.89 Å². The van der Waals surface area contributed by atoms with Crippen LogP contribution in [0.2, 0.25) is 0 Å². The first kappa shape index (κ1) is 13.7. The number of thiazole rings is 1. The summed E-state index contributed by atoms with van der Waals surface area (Å²) in [6.07, 6.45) is 5.04. The largest absolute Gasteiger partial charge is 0.339 e. The molecule has 2 atom stereocenters. The molecule has 3 rings (SSSR count). The van der Waals surface area contributed by atoms with Gasteiger partial charge in [0.05, 0.1) is 11.8 Å². The second kappa shape index (κ2) is 5.26. The van der Waals surface area contributed by atoms with Crippen LogP contribution in [0.4, 0.5) is 0 Å². The van der Waals surface area contributed by atoms with Gasteiger partial charge < -0.3 is 10.3 Å². The van der Waals surface area contributed by atoms with Crippen molar-refractivity contribution < 1.29 is 4.52 Å². The van der Waals surface area contributed by atoms with E-state index in [-0.39, 0.29) is 11.5 Å². The minimum Gasteiger partial charge on any atom is -0.339 e. The summed E-state index contributed by atoms with van der Waals surface area (Å²) in [6, 6.07) is 0.103. The van der Waals surface area contributed by atoms with E-state index >= 15 is 0 Å². The van der Waals surface area contributed by atoms with Gasteiger partial charge in [0.1, 0.15) is 5.01 Å². The summed E-state index contributed by atoms with van der Waals surface area (Å²) in [7, 11) is 0. The van der Waals surface area contributed by atoms with Gasteiger partial charge in [0.15, 0.2) is 5.82 Å². The summed E-state index contributed by atoms with van der Waals surface area (Å²) in [5.41, 5.74) is 7.13. The average Bonchev–Trinajstić information content (AvgIpc) is 3.03. The molecule has 1 aliphatic rings. The lowest BCUT2D eigenvalue weighted by Crippen LogP contribution is -2.45. The highest BCUT2D eigenvalue weighted by Gasteiger charge is 2.40. The minimum atomic E-state index is -0.178. The summed E-state index contributed by atoms with van der Waals surface area (Å²) in [6.45, 7) is 4.13. The van der Waals surface area contributed by atoms with Crippen LogP contribution in [0.25, 0.3) is 0 Å². The van der Waals surface area contributed by atoms with Crippen molar-refractivity contribution in [2.45, 2.75) is 57.4 Å². The smallest absolute Gasteiger partial charge is 0.234 e. The molecule has 0 aliphatic heterocycles. The molecule has 2 aromatic heterocycles. The Balaban J connectivity index is 1.79. The average molecular weight is 292 g/mol. The van der Waals surface area contributed by atoms with Crippen molar-refractivity contribution >= 4 is 11.3 Å². The van der Waals surface area contributed by atoms with E-state index in [0.717, 1.165) is 23.5 Å². The zero-order valence-electron chi connectivity index (χ0n) is 11.9. The third kappa shape index (κ3) is 2.50. The second-order valence-electron chi connectivity index (χ2n) is 5.84. The topological polar surface area (TPSA) is 77.8 Å². The zero-order valence-corrected chi connectivity index (χ0v) is 12.7. The lowest BCUT2D eigenvalue weighted by atomic mass is 9.72. The standard InChI is InChI=1S/C14H20N4OS/c1-9-8-20-12(16-9)7-11-17-13(19-18-11)14(2)6-4-3-5-10(14)15/h8,10H,3-7,15H2,1-2H3. The van der Waals surface area contributed by atoms with Crippen LogP contribution in [0.1, 0.15) is 55.0 Å². The predicted molar refractivity (Wildman–Crippen MR) is 77.8 cm³/mol. The van der Waals surface area contributed by atoms with Gasteiger partial charge in [-0.3, -0.25) is 0 Å². The Labute approximate surface area is 122 Å². The van der Waals surface area contributed by atoms with Crippen molar-refractivity contribution in [2.75, 3.05) is 0 Å². The molecule has 2 N–H and O–H groups in total. The molecule has 1 saturated carbocycles. The first-order valence-electron chi connectivity index (χ1n) is 7.07. The molecule has 2 unspecified atom stereocenters. The molecule has 108 valence electrons. The van der Waals surface area contributed by atoms with Crippen molar-refractivity contribution in [1.82, 2.24) is 15.1 Å². The number of aromatic nitrogens is 3. The fourth-order valence-electron chi connectivity index (χ4n) is 2.80. The lowest BCUT2D eigenvalue weighted by molar-refractivity contribution is 0.203. The van der Waals surface area contributed by atoms with Crippen molar-refractivity contribution in [1.29, 1.82) is 0 Å². The van der Waals surface area contributed by atoms with Crippen LogP contribution in [0.15, 0.2) is 9.90 Å². The summed E-state index contributed by atoms with van der Waals surface area (Å²) in [5.74, 6) is 1.39. The van der Waals surface area contributed by atoms with Gasteiger partial charge in [-0.15, -0.1) is 11.3 Å². The van der Waals surface area contributed by atoms with E-state index in [0.29, 0.717) is 18.1 Å². The Morgan fingerprint density at radius 1 is 1.45 bits per heavy atom. The van der Waals surface area contributed by atoms with Crippen molar-refractivity contribution in [2.24, 2.45) is 5.73 Å². The number of nitrogens with zero attached hydrogens (tertiary/aromatic N) is 3. The summed E-state index contributed by atoms with van der Waals surface area (Å²) in [4.78, 5) is 9.00. The van der Waals surface area contributed by atoms with Gasteiger partial charge in [-0.1, -0.05) is 18.0 Å². The quantitative estimate of drug-likeness (QED) is 0.940. The Hall–Kier alpha value is -1.27. The minimum absolute atomic E-state index is 0.103. The maximum atomic E-state index is 6.27. The highest BCUT2D eigenvalue weighted by atomic mass is 32.1. The summed E-state index contributed by atoms with van der Waals surface area (Å²) in [5, 5.41) is 7.16. The molecule has 1 fully saturated rings. The number of rotatable bonds is 3. The van der Waals surface area contributed by atoms with Gasteiger partial charge in [-0.2, -0.15) is 4.98 Å². The fraction of sp³-hybridized carbons (Fsp3) is 0.643. The van der Waals surface area contributed by atoms with Gasteiger partial charge in [-0.25, -0.2) is 4.98 Å². The summed E-state index contributed by atoms with van der Waals surface area (Å²) >= 11 is 1.63. The molecule has 0 aromatic carbocycles. The van der Waals surface area contributed by atoms with Crippen molar-refractivity contribution in [3.05, 3.63) is 27.8 Å². The molecule has 20 heavy (non-hydrogen) atoms. The Morgan fingerprint density at radius 3 is 3.00 bits per heavy atom. The number of hydrogen-bond acceptors (Lipinski definition) is 6. The molecule has 2 heterocycles. The highest BCUT2D eigenvalue weighted by Crippen LogP contribution is 2.37. The number of nitrogens with two attached hydrogens (primary N) is 1. The highest BCUT2D eigenvalue weighted by molar-refractivity contribution is 7.09. The van der Waals surface area contributed by atoms with E-state index in [2.05, 4.69) is 22.0 Å². The van der Waals surface area contributed by atoms with Crippen LogP contribution in [-0.2, 0) is 11.8 Å². The van der Waals surface area contributed by atoms with Crippen LogP contribution in [0.3, 0.4) is 0 Å².